The van der Waals surface area contributed by atoms with Gasteiger partial charge in [-0.2, -0.15) is 0 Å². The van der Waals surface area contributed by atoms with E-state index in [1.807, 2.05) is 43.3 Å². The highest BCUT2D eigenvalue weighted by atomic mass is 32.2. The summed E-state index contributed by atoms with van der Waals surface area (Å²) in [6.45, 7) is 1.93. The molecule has 7 heteroatoms. The Hall–Kier alpha value is -2.90. The van der Waals surface area contributed by atoms with Crippen molar-refractivity contribution in [2.45, 2.75) is 6.92 Å². The summed E-state index contributed by atoms with van der Waals surface area (Å²) in [5, 5.41) is 3.57. The van der Waals surface area contributed by atoms with Gasteiger partial charge < -0.3 is 15.0 Å². The molecule has 0 saturated carbocycles. The summed E-state index contributed by atoms with van der Waals surface area (Å²) in [4.78, 5) is 28.3. The molecule has 3 aromatic rings. The number of amides is 1. The maximum Gasteiger partial charge on any atom is 0.263 e. The molecule has 4 rings (SSSR count). The van der Waals surface area contributed by atoms with Crippen molar-refractivity contribution in [3.05, 3.63) is 68.9 Å². The Morgan fingerprint density at radius 2 is 1.93 bits per heavy atom. The fourth-order valence-electron chi connectivity index (χ4n) is 3.32. The number of fused-ring (bicyclic) bond motifs is 1. The van der Waals surface area contributed by atoms with E-state index in [0.717, 1.165) is 22.0 Å². The van der Waals surface area contributed by atoms with Gasteiger partial charge in [0.15, 0.2) is 0 Å². The number of carbonyl (C=O) groups is 1. The number of rotatable bonds is 3. The third-order valence-electron chi connectivity index (χ3n) is 4.61. The zero-order chi connectivity index (χ0) is 19.8. The van der Waals surface area contributed by atoms with Crippen LogP contribution in [0.15, 0.2) is 52.2 Å². The Balaban J connectivity index is 1.92. The molecule has 0 radical (unpaired) electrons. The van der Waals surface area contributed by atoms with Crippen molar-refractivity contribution in [3.8, 4) is 16.9 Å². The number of thiocarbonyl (C=S) groups is 1. The van der Waals surface area contributed by atoms with Gasteiger partial charge in [0.25, 0.3) is 11.5 Å². The van der Waals surface area contributed by atoms with E-state index in [1.165, 1.54) is 11.8 Å². The van der Waals surface area contributed by atoms with Crippen molar-refractivity contribution < 1.29 is 9.53 Å². The Bertz CT molecular complexity index is 1230. The van der Waals surface area contributed by atoms with Gasteiger partial charge in [-0.25, -0.2) is 0 Å². The quantitative estimate of drug-likeness (QED) is 0.506. The van der Waals surface area contributed by atoms with Crippen LogP contribution >= 0.6 is 24.0 Å². The Morgan fingerprint density at radius 3 is 2.64 bits per heavy atom. The molecule has 1 saturated heterocycles. The predicted molar refractivity (Wildman–Crippen MR) is 118 cm³/mol. The van der Waals surface area contributed by atoms with Gasteiger partial charge in [-0.1, -0.05) is 48.2 Å². The average Bonchev–Trinajstić information content (AvgIpc) is 2.99. The van der Waals surface area contributed by atoms with Gasteiger partial charge >= 0.3 is 0 Å². The summed E-state index contributed by atoms with van der Waals surface area (Å²) in [7, 11) is 1.57. The van der Waals surface area contributed by atoms with Crippen molar-refractivity contribution in [2.75, 3.05) is 7.11 Å². The highest BCUT2D eigenvalue weighted by molar-refractivity contribution is 8.26. The smallest absolute Gasteiger partial charge is 0.263 e. The maximum atomic E-state index is 12.9. The second-order valence-electron chi connectivity index (χ2n) is 6.31. The van der Waals surface area contributed by atoms with Gasteiger partial charge in [-0.3, -0.25) is 9.59 Å². The molecule has 2 heterocycles. The van der Waals surface area contributed by atoms with E-state index in [1.54, 1.807) is 19.3 Å². The molecular weight excluding hydrogens is 392 g/mol. The van der Waals surface area contributed by atoms with E-state index < -0.39 is 0 Å². The summed E-state index contributed by atoms with van der Waals surface area (Å²) in [6.07, 6.45) is 1.76. The van der Waals surface area contributed by atoms with Gasteiger partial charge in [0.2, 0.25) is 0 Å². The lowest BCUT2D eigenvalue weighted by Crippen LogP contribution is -2.17. The summed E-state index contributed by atoms with van der Waals surface area (Å²) < 4.78 is 5.94. The standard InChI is InChI=1S/C21H16N2O3S2/c1-11-13-5-3-4-6-15(13)22-20(25)18(11)14-9-12(7-8-16(14)26-2)10-17-19(24)23-21(27)28-17/h3-10H,1-2H3,(H,22,25)(H,23,24,27). The minimum absolute atomic E-state index is 0.187. The molecule has 5 nitrogen and oxygen atoms in total. The summed E-state index contributed by atoms with van der Waals surface area (Å²) >= 11 is 6.26. The maximum absolute atomic E-state index is 12.9. The lowest BCUT2D eigenvalue weighted by molar-refractivity contribution is -0.115. The first-order chi connectivity index (χ1) is 13.5. The highest BCUT2D eigenvalue weighted by Gasteiger charge is 2.22. The van der Waals surface area contributed by atoms with Crippen LogP contribution in [0, 0.1) is 6.92 Å². The molecule has 1 amide bonds. The van der Waals surface area contributed by atoms with Crippen molar-refractivity contribution in [1.82, 2.24) is 10.3 Å². The number of ether oxygens (including phenoxy) is 1. The molecule has 2 N–H and O–H groups in total. The number of carbonyl (C=O) groups excluding carboxylic acids is 1. The first-order valence-electron chi connectivity index (χ1n) is 8.53. The molecule has 1 aliphatic heterocycles. The minimum Gasteiger partial charge on any atom is -0.496 e. The highest BCUT2D eigenvalue weighted by Crippen LogP contribution is 2.34. The summed E-state index contributed by atoms with van der Waals surface area (Å²) in [5.74, 6) is 0.372. The molecule has 0 unspecified atom stereocenters. The number of aromatic amines is 1. The van der Waals surface area contributed by atoms with Crippen molar-refractivity contribution in [2.24, 2.45) is 0 Å². The lowest BCUT2D eigenvalue weighted by atomic mass is 9.96. The van der Waals surface area contributed by atoms with Gasteiger partial charge in [0, 0.05) is 16.5 Å². The summed E-state index contributed by atoms with van der Waals surface area (Å²) in [6, 6.07) is 13.2. The molecule has 0 spiro atoms. The van der Waals surface area contributed by atoms with Gasteiger partial charge in [0.05, 0.1) is 17.6 Å². The Kier molecular flexibility index (Phi) is 4.78. The zero-order valence-electron chi connectivity index (χ0n) is 15.2. The number of aryl methyl sites for hydroxylation is 1. The van der Waals surface area contributed by atoms with Gasteiger partial charge in [-0.05, 0) is 42.3 Å². The fourth-order valence-corrected chi connectivity index (χ4v) is 4.36. The fraction of sp³-hybridized carbons (Fsp3) is 0.0952. The molecule has 1 aromatic heterocycles. The number of methoxy groups -OCH3 is 1. The van der Waals surface area contributed by atoms with Gasteiger partial charge in [0.1, 0.15) is 10.1 Å². The number of thioether (sulfide) groups is 1. The number of para-hydroxylation sites is 1. The van der Waals surface area contributed by atoms with Crippen molar-refractivity contribution in [1.29, 1.82) is 0 Å². The van der Waals surface area contributed by atoms with E-state index >= 15 is 0 Å². The molecule has 28 heavy (non-hydrogen) atoms. The van der Waals surface area contributed by atoms with Crippen LogP contribution in [0.25, 0.3) is 28.1 Å². The Morgan fingerprint density at radius 1 is 1.14 bits per heavy atom. The monoisotopic (exact) mass is 408 g/mol. The van der Waals surface area contributed by atoms with Gasteiger partial charge in [-0.15, -0.1) is 0 Å². The van der Waals surface area contributed by atoms with Crippen LogP contribution in [-0.2, 0) is 4.79 Å². The first-order valence-corrected chi connectivity index (χ1v) is 9.75. The van der Waals surface area contributed by atoms with Crippen LogP contribution in [0.4, 0.5) is 0 Å². The number of pyridine rings is 1. The predicted octanol–water partition coefficient (Wildman–Crippen LogP) is 4.00. The van der Waals surface area contributed by atoms with Crippen LogP contribution in [0.1, 0.15) is 11.1 Å². The Labute approximate surface area is 170 Å². The zero-order valence-corrected chi connectivity index (χ0v) is 16.8. The molecule has 0 bridgehead atoms. The average molecular weight is 409 g/mol. The second kappa shape index (κ2) is 7.26. The van der Waals surface area contributed by atoms with Crippen molar-refractivity contribution >= 4 is 51.2 Å². The topological polar surface area (TPSA) is 71.2 Å². The molecule has 1 aliphatic rings. The van der Waals surface area contributed by atoms with E-state index in [0.29, 0.717) is 26.1 Å². The molecule has 140 valence electrons. The molecule has 0 atom stereocenters. The SMILES string of the molecule is COc1ccc(C=C2SC(=S)NC2=O)cc1-c1c(C)c2ccccc2[nH]c1=O. The first kappa shape index (κ1) is 18.5. The van der Waals surface area contributed by atoms with Crippen LogP contribution in [0.2, 0.25) is 0 Å². The normalized spacial score (nSPS) is 15.3. The number of hydrogen-bond donors (Lipinski definition) is 2. The third-order valence-corrected chi connectivity index (χ3v) is 5.78. The lowest BCUT2D eigenvalue weighted by Gasteiger charge is -2.13. The molecule has 0 aliphatic carbocycles. The van der Waals surface area contributed by atoms with E-state index in [4.69, 9.17) is 17.0 Å². The van der Waals surface area contributed by atoms with Crippen molar-refractivity contribution in [3.63, 3.8) is 0 Å². The molecular formula is C21H16N2O3S2. The van der Waals surface area contributed by atoms with Crippen LogP contribution < -0.4 is 15.6 Å². The molecule has 2 aromatic carbocycles. The minimum atomic E-state index is -0.216. The van der Waals surface area contributed by atoms with Crippen LogP contribution in [0.5, 0.6) is 5.75 Å². The number of H-pyrrole nitrogens is 1. The second-order valence-corrected chi connectivity index (χ2v) is 8.03. The number of benzene rings is 2. The number of nitrogens with one attached hydrogen (secondary N) is 2. The number of aromatic nitrogens is 1. The number of hydrogen-bond acceptors (Lipinski definition) is 5. The third kappa shape index (κ3) is 3.23. The van der Waals surface area contributed by atoms with E-state index in [-0.39, 0.29) is 11.5 Å². The van der Waals surface area contributed by atoms with Crippen LogP contribution in [0.3, 0.4) is 0 Å². The summed E-state index contributed by atoms with van der Waals surface area (Å²) in [5.41, 5.74) is 3.48. The largest absolute Gasteiger partial charge is 0.496 e. The molecule has 1 fully saturated rings. The van der Waals surface area contributed by atoms with E-state index in [9.17, 15) is 9.59 Å². The van der Waals surface area contributed by atoms with Crippen LogP contribution in [-0.4, -0.2) is 22.3 Å². The van der Waals surface area contributed by atoms with E-state index in [2.05, 4.69) is 10.3 Å².